The van der Waals surface area contributed by atoms with Crippen LogP contribution in [0.15, 0.2) is 45.4 Å². The number of hydrogen-bond donors (Lipinski definition) is 0. The van der Waals surface area contributed by atoms with Crippen molar-refractivity contribution in [3.05, 3.63) is 57.6 Å². The molecule has 1 aliphatic rings. The molecule has 0 atom stereocenters. The normalized spacial score (nSPS) is 12.4. The lowest BCUT2D eigenvalue weighted by atomic mass is 9.88. The first kappa shape index (κ1) is 16.9. The molecule has 2 aromatic carbocycles. The molecule has 0 N–H and O–H groups in total. The quantitative estimate of drug-likeness (QED) is 0.571. The van der Waals surface area contributed by atoms with Gasteiger partial charge in [0, 0.05) is 21.2 Å². The van der Waals surface area contributed by atoms with E-state index in [0.29, 0.717) is 11.3 Å². The van der Waals surface area contributed by atoms with Gasteiger partial charge in [0.25, 0.3) is 0 Å². The summed E-state index contributed by atoms with van der Waals surface area (Å²) in [7, 11) is 0. The molecule has 0 fully saturated rings. The predicted molar refractivity (Wildman–Crippen MR) is 103 cm³/mol. The summed E-state index contributed by atoms with van der Waals surface area (Å²) in [6.07, 6.45) is 1.82. The molecular formula is C21H17BrN2O2. The van der Waals surface area contributed by atoms with Crippen molar-refractivity contribution in [2.24, 2.45) is 0 Å². The highest BCUT2D eigenvalue weighted by molar-refractivity contribution is 9.10. The average Bonchev–Trinajstić information content (AvgIpc) is 3.05. The van der Waals surface area contributed by atoms with Crippen molar-refractivity contribution in [2.45, 2.75) is 32.8 Å². The molecule has 0 amide bonds. The molecule has 4 nitrogen and oxygen atoms in total. The van der Waals surface area contributed by atoms with Crippen molar-refractivity contribution in [2.75, 3.05) is 0 Å². The first-order valence-electron chi connectivity index (χ1n) is 8.55. The minimum atomic E-state index is 0.0156. The molecule has 0 radical (unpaired) electrons. The van der Waals surface area contributed by atoms with Gasteiger partial charge in [-0.3, -0.25) is 0 Å². The van der Waals surface area contributed by atoms with Gasteiger partial charge in [-0.15, -0.1) is 0 Å². The molecule has 130 valence electrons. The zero-order chi connectivity index (χ0) is 18.3. The molecule has 4 rings (SSSR count). The molecule has 0 saturated heterocycles. The van der Waals surface area contributed by atoms with Gasteiger partial charge in [-0.2, -0.15) is 5.26 Å². The number of rotatable bonds is 3. The molecule has 5 heteroatoms. The van der Waals surface area contributed by atoms with E-state index in [2.05, 4.69) is 39.3 Å². The highest BCUT2D eigenvalue weighted by atomic mass is 79.9. The van der Waals surface area contributed by atoms with E-state index in [-0.39, 0.29) is 6.10 Å². The van der Waals surface area contributed by atoms with Gasteiger partial charge in [-0.25, -0.2) is 0 Å². The van der Waals surface area contributed by atoms with Gasteiger partial charge in [0.1, 0.15) is 17.5 Å². The van der Waals surface area contributed by atoms with Crippen molar-refractivity contribution in [3.8, 4) is 34.4 Å². The van der Waals surface area contributed by atoms with Crippen LogP contribution in [0.5, 0.6) is 5.75 Å². The van der Waals surface area contributed by atoms with E-state index in [4.69, 9.17) is 9.26 Å². The highest BCUT2D eigenvalue weighted by Gasteiger charge is 2.25. The third kappa shape index (κ3) is 2.91. The molecule has 0 aliphatic heterocycles. The van der Waals surface area contributed by atoms with Gasteiger partial charge in [0.15, 0.2) is 5.76 Å². The Morgan fingerprint density at radius 3 is 2.81 bits per heavy atom. The van der Waals surface area contributed by atoms with Crippen LogP contribution in [0, 0.1) is 11.3 Å². The van der Waals surface area contributed by atoms with Gasteiger partial charge >= 0.3 is 0 Å². The summed E-state index contributed by atoms with van der Waals surface area (Å²) in [6, 6.07) is 14.0. The van der Waals surface area contributed by atoms with E-state index >= 15 is 0 Å². The number of aryl methyl sites for hydroxylation is 1. The Morgan fingerprint density at radius 2 is 2.04 bits per heavy atom. The van der Waals surface area contributed by atoms with E-state index in [1.807, 2.05) is 38.1 Å². The van der Waals surface area contributed by atoms with Gasteiger partial charge in [0.2, 0.25) is 0 Å². The van der Waals surface area contributed by atoms with Crippen molar-refractivity contribution in [1.82, 2.24) is 5.16 Å². The summed E-state index contributed by atoms with van der Waals surface area (Å²) in [5.41, 5.74) is 5.74. The van der Waals surface area contributed by atoms with Gasteiger partial charge < -0.3 is 9.26 Å². The second kappa shape index (κ2) is 6.62. The minimum absolute atomic E-state index is 0.0156. The molecule has 26 heavy (non-hydrogen) atoms. The maximum atomic E-state index is 9.47. The number of nitriles is 1. The van der Waals surface area contributed by atoms with E-state index in [1.165, 1.54) is 5.56 Å². The minimum Gasteiger partial charge on any atom is -0.490 e. The van der Waals surface area contributed by atoms with Gasteiger partial charge in [-0.1, -0.05) is 27.2 Å². The lowest BCUT2D eigenvalue weighted by Crippen LogP contribution is -2.07. The number of halogens is 1. The van der Waals surface area contributed by atoms with Crippen molar-refractivity contribution in [1.29, 1.82) is 5.26 Å². The summed E-state index contributed by atoms with van der Waals surface area (Å²) in [4.78, 5) is 0. The Hall–Kier alpha value is -2.58. The Balaban J connectivity index is 1.78. The van der Waals surface area contributed by atoms with Crippen LogP contribution >= 0.6 is 15.9 Å². The molecule has 1 aromatic heterocycles. The topological polar surface area (TPSA) is 59.1 Å². The van der Waals surface area contributed by atoms with Crippen LogP contribution in [0.4, 0.5) is 0 Å². The van der Waals surface area contributed by atoms with Crippen LogP contribution in [0.25, 0.3) is 22.6 Å². The van der Waals surface area contributed by atoms with E-state index in [9.17, 15) is 5.26 Å². The highest BCUT2D eigenvalue weighted by Crippen LogP contribution is 2.40. The van der Waals surface area contributed by atoms with Crippen LogP contribution in [-0.2, 0) is 12.8 Å². The van der Waals surface area contributed by atoms with Crippen molar-refractivity contribution in [3.63, 3.8) is 0 Å². The van der Waals surface area contributed by atoms with Crippen LogP contribution in [-0.4, -0.2) is 11.3 Å². The molecule has 1 aliphatic carbocycles. The molecule has 1 heterocycles. The predicted octanol–water partition coefficient (Wildman–Crippen LogP) is 5.53. The summed E-state index contributed by atoms with van der Waals surface area (Å²) in [6.45, 7) is 3.88. The fraction of sp³-hybridized carbons (Fsp3) is 0.238. The molecule has 0 unspecified atom stereocenters. The zero-order valence-electron chi connectivity index (χ0n) is 14.5. The van der Waals surface area contributed by atoms with E-state index in [1.54, 1.807) is 0 Å². The number of aromatic nitrogens is 1. The standard InChI is InChI=1S/C21H17BrN2O2/c1-12(2)25-19-8-4-14(9-15(19)11-23)21-18-6-3-13-10-16(22)5-7-17(13)20(18)24-26-21/h4-5,7-10,12H,3,6H2,1-2H3. The second-order valence-corrected chi connectivity index (χ2v) is 7.55. The SMILES string of the molecule is CC(C)Oc1ccc(-c2onc3c2CCc2cc(Br)ccc2-3)cc1C#N. The largest absolute Gasteiger partial charge is 0.490 e. The third-order valence-electron chi connectivity index (χ3n) is 4.48. The molecule has 3 aromatic rings. The monoisotopic (exact) mass is 408 g/mol. The maximum Gasteiger partial charge on any atom is 0.170 e. The third-order valence-corrected chi connectivity index (χ3v) is 4.97. The van der Waals surface area contributed by atoms with Gasteiger partial charge in [0.05, 0.1) is 11.7 Å². The first-order chi connectivity index (χ1) is 12.6. The Bertz CT molecular complexity index is 1030. The zero-order valence-corrected chi connectivity index (χ0v) is 16.1. The Morgan fingerprint density at radius 1 is 1.19 bits per heavy atom. The summed E-state index contributed by atoms with van der Waals surface area (Å²) >= 11 is 3.53. The van der Waals surface area contributed by atoms with Crippen molar-refractivity contribution >= 4 is 15.9 Å². The number of hydrogen-bond acceptors (Lipinski definition) is 4. The van der Waals surface area contributed by atoms with Crippen LogP contribution < -0.4 is 4.74 Å². The maximum absolute atomic E-state index is 9.47. The van der Waals surface area contributed by atoms with E-state index < -0.39 is 0 Å². The number of fused-ring (bicyclic) bond motifs is 3. The summed E-state index contributed by atoms with van der Waals surface area (Å²) in [5, 5.41) is 13.8. The fourth-order valence-electron chi connectivity index (χ4n) is 3.35. The average molecular weight is 409 g/mol. The Labute approximate surface area is 160 Å². The summed E-state index contributed by atoms with van der Waals surface area (Å²) < 4.78 is 12.5. The fourth-order valence-corrected chi connectivity index (χ4v) is 3.76. The molecule has 0 saturated carbocycles. The van der Waals surface area contributed by atoms with Crippen LogP contribution in [0.3, 0.4) is 0 Å². The summed E-state index contributed by atoms with van der Waals surface area (Å²) in [5.74, 6) is 1.33. The smallest absolute Gasteiger partial charge is 0.170 e. The molecular weight excluding hydrogens is 392 g/mol. The van der Waals surface area contributed by atoms with Gasteiger partial charge in [-0.05, 0) is 62.6 Å². The van der Waals surface area contributed by atoms with Crippen LogP contribution in [0.1, 0.15) is 30.5 Å². The molecule has 0 bridgehead atoms. The Kier molecular flexibility index (Phi) is 4.29. The number of nitrogens with zero attached hydrogens (tertiary/aromatic N) is 2. The number of benzene rings is 2. The van der Waals surface area contributed by atoms with E-state index in [0.717, 1.165) is 45.5 Å². The lowest BCUT2D eigenvalue weighted by Gasteiger charge is -2.15. The number of ether oxygens (including phenoxy) is 1. The van der Waals surface area contributed by atoms with Crippen LogP contribution in [0.2, 0.25) is 0 Å². The van der Waals surface area contributed by atoms with Crippen molar-refractivity contribution < 1.29 is 9.26 Å². The lowest BCUT2D eigenvalue weighted by molar-refractivity contribution is 0.242. The second-order valence-electron chi connectivity index (χ2n) is 6.63. The first-order valence-corrected chi connectivity index (χ1v) is 9.34. The molecule has 0 spiro atoms.